The smallest absolute Gasteiger partial charge is 0.253 e. The molecule has 1 aliphatic heterocycles. The Morgan fingerprint density at radius 2 is 2.07 bits per heavy atom. The van der Waals surface area contributed by atoms with Crippen LogP contribution >= 0.6 is 11.3 Å². The molecule has 0 radical (unpaired) electrons. The van der Waals surface area contributed by atoms with Crippen LogP contribution in [0.3, 0.4) is 0 Å². The molecule has 2 aromatic carbocycles. The van der Waals surface area contributed by atoms with Crippen molar-refractivity contribution < 1.29 is 13.9 Å². The van der Waals surface area contributed by atoms with E-state index in [-0.39, 0.29) is 17.6 Å². The lowest BCUT2D eigenvalue weighted by atomic mass is 9.98. The number of amides is 1. The van der Waals surface area contributed by atoms with Gasteiger partial charge in [-0.3, -0.25) is 4.79 Å². The molecule has 0 aliphatic carbocycles. The molecule has 1 unspecified atom stereocenters. The number of piperidine rings is 1. The van der Waals surface area contributed by atoms with Crippen LogP contribution in [0.1, 0.15) is 34.1 Å². The van der Waals surface area contributed by atoms with Crippen molar-refractivity contribution >= 4 is 17.2 Å². The third-order valence-corrected chi connectivity index (χ3v) is 6.05. The van der Waals surface area contributed by atoms with Crippen LogP contribution in [0.4, 0.5) is 4.39 Å². The van der Waals surface area contributed by atoms with Crippen LogP contribution in [0.5, 0.6) is 5.75 Å². The van der Waals surface area contributed by atoms with Gasteiger partial charge in [-0.05, 0) is 37.1 Å². The predicted octanol–water partition coefficient (Wildman–Crippen LogP) is 4.98. The van der Waals surface area contributed by atoms with E-state index in [4.69, 9.17) is 9.72 Å². The van der Waals surface area contributed by atoms with Gasteiger partial charge in [0.25, 0.3) is 5.91 Å². The molecule has 6 heteroatoms. The van der Waals surface area contributed by atoms with Crippen molar-refractivity contribution in [2.45, 2.75) is 18.8 Å². The quantitative estimate of drug-likeness (QED) is 0.625. The Morgan fingerprint density at radius 1 is 1.25 bits per heavy atom. The van der Waals surface area contributed by atoms with Gasteiger partial charge in [-0.15, -0.1) is 11.3 Å². The highest BCUT2D eigenvalue weighted by Crippen LogP contribution is 2.35. The molecular weight excluding hydrogens is 375 g/mol. The van der Waals surface area contributed by atoms with E-state index in [2.05, 4.69) is 0 Å². The predicted molar refractivity (Wildman–Crippen MR) is 108 cm³/mol. The number of nitrogens with zero attached hydrogens (tertiary/aromatic N) is 2. The Labute approximate surface area is 167 Å². The monoisotopic (exact) mass is 396 g/mol. The number of rotatable bonds is 4. The van der Waals surface area contributed by atoms with Gasteiger partial charge in [0, 0.05) is 41.6 Å². The summed E-state index contributed by atoms with van der Waals surface area (Å²) >= 11 is 1.59. The third-order valence-electron chi connectivity index (χ3n) is 5.04. The minimum absolute atomic E-state index is 0.0716. The molecule has 4 nitrogen and oxygen atoms in total. The first-order chi connectivity index (χ1) is 13.7. The van der Waals surface area contributed by atoms with Gasteiger partial charge in [0.2, 0.25) is 0 Å². The summed E-state index contributed by atoms with van der Waals surface area (Å²) in [6.07, 6.45) is 1.96. The molecule has 28 heavy (non-hydrogen) atoms. The minimum Gasteiger partial charge on any atom is -0.496 e. The zero-order chi connectivity index (χ0) is 19.5. The number of likely N-dealkylation sites (tertiary alicyclic amines) is 1. The van der Waals surface area contributed by atoms with E-state index in [0.717, 1.165) is 41.2 Å². The first-order valence-corrected chi connectivity index (χ1v) is 10.2. The number of aromatic nitrogens is 1. The maximum Gasteiger partial charge on any atom is 0.253 e. The molecule has 1 aromatic heterocycles. The van der Waals surface area contributed by atoms with Gasteiger partial charge in [0.1, 0.15) is 11.6 Å². The van der Waals surface area contributed by atoms with Crippen molar-refractivity contribution in [1.82, 2.24) is 9.88 Å². The Morgan fingerprint density at radius 3 is 2.86 bits per heavy atom. The molecule has 1 saturated heterocycles. The van der Waals surface area contributed by atoms with Crippen LogP contribution in [-0.2, 0) is 0 Å². The molecule has 0 spiro atoms. The fourth-order valence-corrected chi connectivity index (χ4v) is 4.55. The largest absolute Gasteiger partial charge is 0.496 e. The number of methoxy groups -OCH3 is 1. The zero-order valence-corrected chi connectivity index (χ0v) is 16.4. The van der Waals surface area contributed by atoms with Gasteiger partial charge in [0.15, 0.2) is 0 Å². The summed E-state index contributed by atoms with van der Waals surface area (Å²) in [5.74, 6) is 0.425. The highest BCUT2D eigenvalue weighted by Gasteiger charge is 2.27. The van der Waals surface area contributed by atoms with Crippen molar-refractivity contribution in [3.05, 3.63) is 70.3 Å². The second kappa shape index (κ2) is 8.10. The van der Waals surface area contributed by atoms with Gasteiger partial charge in [-0.25, -0.2) is 9.37 Å². The van der Waals surface area contributed by atoms with E-state index in [0.29, 0.717) is 12.3 Å². The first kappa shape index (κ1) is 18.6. The summed E-state index contributed by atoms with van der Waals surface area (Å²) in [4.78, 5) is 19.5. The summed E-state index contributed by atoms with van der Waals surface area (Å²) in [5, 5.41) is 2.98. The lowest BCUT2D eigenvalue weighted by molar-refractivity contribution is 0.0707. The summed E-state index contributed by atoms with van der Waals surface area (Å²) in [6, 6.07) is 13.9. The van der Waals surface area contributed by atoms with Gasteiger partial charge >= 0.3 is 0 Å². The van der Waals surface area contributed by atoms with Gasteiger partial charge in [-0.2, -0.15) is 0 Å². The fraction of sp³-hybridized carbons (Fsp3) is 0.273. The summed E-state index contributed by atoms with van der Waals surface area (Å²) in [5.41, 5.74) is 2.28. The number of ether oxygens (including phenoxy) is 1. The van der Waals surface area contributed by atoms with Crippen molar-refractivity contribution in [3.8, 4) is 17.0 Å². The van der Waals surface area contributed by atoms with Crippen LogP contribution < -0.4 is 4.74 Å². The van der Waals surface area contributed by atoms with Crippen molar-refractivity contribution in [3.63, 3.8) is 0 Å². The van der Waals surface area contributed by atoms with Crippen LogP contribution in [-0.4, -0.2) is 36.0 Å². The van der Waals surface area contributed by atoms with E-state index in [9.17, 15) is 9.18 Å². The van der Waals surface area contributed by atoms with E-state index < -0.39 is 0 Å². The molecule has 3 aromatic rings. The normalized spacial score (nSPS) is 16.8. The standard InChI is InChI=1S/C22H21FN2O2S/c1-27-20-12-17(23)9-10-18(20)19-14-28-21(24-19)16-8-5-11-25(13-16)22(26)15-6-3-2-4-7-15/h2-4,6-7,9-10,12,14,16H,5,8,11,13H2,1H3. The number of benzene rings is 2. The number of halogens is 1. The Kier molecular flexibility index (Phi) is 5.39. The average molecular weight is 396 g/mol. The van der Waals surface area contributed by atoms with Crippen molar-refractivity contribution in [1.29, 1.82) is 0 Å². The van der Waals surface area contributed by atoms with Crippen LogP contribution in [0.15, 0.2) is 53.9 Å². The SMILES string of the molecule is COc1cc(F)ccc1-c1csc(C2CCCN(C(=O)c3ccccc3)C2)n1. The summed E-state index contributed by atoms with van der Waals surface area (Å²) in [6.45, 7) is 1.44. The second-order valence-corrected chi connectivity index (χ2v) is 7.76. The number of carbonyl (C=O) groups excluding carboxylic acids is 1. The van der Waals surface area contributed by atoms with Gasteiger partial charge < -0.3 is 9.64 Å². The molecule has 0 N–H and O–H groups in total. The van der Waals surface area contributed by atoms with Gasteiger partial charge in [0.05, 0.1) is 17.8 Å². The number of hydrogen-bond acceptors (Lipinski definition) is 4. The van der Waals surface area contributed by atoms with Gasteiger partial charge in [-0.1, -0.05) is 18.2 Å². The molecule has 2 heterocycles. The lowest BCUT2D eigenvalue weighted by Crippen LogP contribution is -2.39. The van der Waals surface area contributed by atoms with Crippen molar-refractivity contribution in [2.24, 2.45) is 0 Å². The Balaban J connectivity index is 1.53. The molecule has 4 rings (SSSR count). The number of thiazole rings is 1. The topological polar surface area (TPSA) is 42.4 Å². The molecule has 1 amide bonds. The molecule has 0 bridgehead atoms. The molecule has 1 fully saturated rings. The maximum atomic E-state index is 13.5. The summed E-state index contributed by atoms with van der Waals surface area (Å²) in [7, 11) is 1.53. The van der Waals surface area contributed by atoms with E-state index in [1.165, 1.54) is 19.2 Å². The van der Waals surface area contributed by atoms with Crippen molar-refractivity contribution in [2.75, 3.05) is 20.2 Å². The molecule has 144 valence electrons. The lowest BCUT2D eigenvalue weighted by Gasteiger charge is -2.32. The van der Waals surface area contributed by atoms with E-state index in [1.807, 2.05) is 40.6 Å². The van der Waals surface area contributed by atoms with Crippen LogP contribution in [0, 0.1) is 5.82 Å². The first-order valence-electron chi connectivity index (χ1n) is 9.29. The van der Waals surface area contributed by atoms with E-state index in [1.54, 1.807) is 17.4 Å². The van der Waals surface area contributed by atoms with E-state index >= 15 is 0 Å². The average Bonchev–Trinajstić information content (AvgIpc) is 3.24. The Bertz CT molecular complexity index is 974. The zero-order valence-electron chi connectivity index (χ0n) is 15.6. The third kappa shape index (κ3) is 3.78. The number of carbonyl (C=O) groups is 1. The highest BCUT2D eigenvalue weighted by molar-refractivity contribution is 7.10. The molecule has 0 saturated carbocycles. The number of hydrogen-bond donors (Lipinski definition) is 0. The fourth-order valence-electron chi connectivity index (χ4n) is 3.60. The molecule has 1 aliphatic rings. The second-order valence-electron chi connectivity index (χ2n) is 6.87. The maximum absolute atomic E-state index is 13.5. The Hall–Kier alpha value is -2.73. The molecular formula is C22H21FN2O2S. The minimum atomic E-state index is -0.335. The molecule has 1 atom stereocenters. The summed E-state index contributed by atoms with van der Waals surface area (Å²) < 4.78 is 18.8. The van der Waals surface area contributed by atoms with Crippen LogP contribution in [0.25, 0.3) is 11.3 Å². The highest BCUT2D eigenvalue weighted by atomic mass is 32.1. The van der Waals surface area contributed by atoms with Crippen LogP contribution in [0.2, 0.25) is 0 Å².